The van der Waals surface area contributed by atoms with E-state index < -0.39 is 21.7 Å². The van der Waals surface area contributed by atoms with Crippen LogP contribution in [0.3, 0.4) is 0 Å². The van der Waals surface area contributed by atoms with E-state index in [1.807, 2.05) is 0 Å². The predicted octanol–water partition coefficient (Wildman–Crippen LogP) is 1.68. The highest BCUT2D eigenvalue weighted by Gasteiger charge is 2.20. The molecule has 0 bridgehead atoms. The molecule has 0 fully saturated rings. The van der Waals surface area contributed by atoms with Gasteiger partial charge in [-0.15, -0.1) is 0 Å². The largest absolute Gasteiger partial charge is 0.329 e. The van der Waals surface area contributed by atoms with Gasteiger partial charge in [0.05, 0.1) is 18.4 Å². The molecule has 0 radical (unpaired) electrons. The third kappa shape index (κ3) is 3.57. The Hall–Kier alpha value is -1.52. The summed E-state index contributed by atoms with van der Waals surface area (Å²) in [6.07, 6.45) is 2.39. The molecule has 1 heterocycles. The zero-order chi connectivity index (χ0) is 15.6. The van der Waals surface area contributed by atoms with Crippen molar-refractivity contribution >= 4 is 31.6 Å². The molecule has 10 heteroatoms. The summed E-state index contributed by atoms with van der Waals surface area (Å²) in [6, 6.07) is 1.54. The number of aromatic nitrogens is 2. The highest BCUT2D eigenvalue weighted by molar-refractivity contribution is 9.10. The first kappa shape index (κ1) is 15.9. The molecule has 0 aliphatic carbocycles. The maximum atomic E-state index is 13.6. The summed E-state index contributed by atoms with van der Waals surface area (Å²) in [5.41, 5.74) is 4.97. The van der Waals surface area contributed by atoms with Crippen molar-refractivity contribution in [1.29, 1.82) is 0 Å². The minimum atomic E-state index is -4.04. The first-order valence-corrected chi connectivity index (χ1v) is 8.01. The van der Waals surface area contributed by atoms with Crippen LogP contribution in [0.5, 0.6) is 0 Å². The molecule has 0 aliphatic heterocycles. The lowest BCUT2D eigenvalue weighted by molar-refractivity contribution is 0.581. The van der Waals surface area contributed by atoms with E-state index >= 15 is 0 Å². The van der Waals surface area contributed by atoms with Crippen LogP contribution in [-0.2, 0) is 16.6 Å². The summed E-state index contributed by atoms with van der Waals surface area (Å²) in [6.45, 7) is 0.650. The Kier molecular flexibility index (Phi) is 4.59. The van der Waals surface area contributed by atoms with Gasteiger partial charge < -0.3 is 5.73 Å². The molecule has 3 N–H and O–H groups in total. The van der Waals surface area contributed by atoms with E-state index in [-0.39, 0.29) is 15.1 Å². The van der Waals surface area contributed by atoms with E-state index in [4.69, 9.17) is 5.73 Å². The molecule has 0 atom stereocenters. The van der Waals surface area contributed by atoms with E-state index in [1.165, 1.54) is 10.9 Å². The fourth-order valence-electron chi connectivity index (χ4n) is 1.57. The number of nitrogens with two attached hydrogens (primary N) is 1. The maximum absolute atomic E-state index is 13.6. The van der Waals surface area contributed by atoms with Crippen LogP contribution in [0.15, 0.2) is 33.9 Å². The number of hydrogen-bond acceptors (Lipinski definition) is 4. The molecule has 21 heavy (non-hydrogen) atoms. The minimum Gasteiger partial charge on any atom is -0.329 e. The van der Waals surface area contributed by atoms with Crippen molar-refractivity contribution in [2.45, 2.75) is 11.4 Å². The molecular formula is C11H11BrF2N4O2S. The summed E-state index contributed by atoms with van der Waals surface area (Å²) >= 11 is 2.91. The highest BCUT2D eigenvalue weighted by Crippen LogP contribution is 2.28. The van der Waals surface area contributed by atoms with Crippen LogP contribution in [0.1, 0.15) is 0 Å². The van der Waals surface area contributed by atoms with Crippen molar-refractivity contribution in [2.24, 2.45) is 5.73 Å². The van der Waals surface area contributed by atoms with Crippen LogP contribution in [-0.4, -0.2) is 24.7 Å². The third-order valence-electron chi connectivity index (χ3n) is 2.52. The van der Waals surface area contributed by atoms with Crippen molar-refractivity contribution in [2.75, 3.05) is 11.3 Å². The van der Waals surface area contributed by atoms with E-state index in [1.54, 1.807) is 0 Å². The standard InChI is InChI=1S/C11H11BrF2N4O2S/c12-9-3-7(13)4-10(14)11(9)17-21(19,20)8-5-16-18(6-8)2-1-15/h3-6,17H,1-2,15H2. The van der Waals surface area contributed by atoms with Gasteiger partial charge in [-0.1, -0.05) is 0 Å². The molecule has 0 aliphatic rings. The number of benzene rings is 1. The molecular weight excluding hydrogens is 370 g/mol. The molecule has 0 amide bonds. The molecule has 0 spiro atoms. The molecule has 0 saturated carbocycles. The molecule has 0 saturated heterocycles. The minimum absolute atomic E-state index is 0.0436. The number of sulfonamides is 1. The molecule has 114 valence electrons. The lowest BCUT2D eigenvalue weighted by Crippen LogP contribution is -2.14. The number of rotatable bonds is 5. The molecule has 1 aromatic heterocycles. The fourth-order valence-corrected chi connectivity index (χ4v) is 3.25. The van der Waals surface area contributed by atoms with Gasteiger partial charge in [0.1, 0.15) is 10.7 Å². The normalized spacial score (nSPS) is 11.6. The van der Waals surface area contributed by atoms with Gasteiger partial charge >= 0.3 is 0 Å². The topological polar surface area (TPSA) is 90.0 Å². The number of nitrogens with zero attached hydrogens (tertiary/aromatic N) is 2. The van der Waals surface area contributed by atoms with Gasteiger partial charge in [0.2, 0.25) is 0 Å². The Morgan fingerprint density at radius 3 is 2.71 bits per heavy atom. The predicted molar refractivity (Wildman–Crippen MR) is 76.1 cm³/mol. The summed E-state index contributed by atoms with van der Waals surface area (Å²) < 4.78 is 54.3. The van der Waals surface area contributed by atoms with Crippen LogP contribution in [0.25, 0.3) is 0 Å². The first-order chi connectivity index (χ1) is 9.83. The van der Waals surface area contributed by atoms with Crippen LogP contribution >= 0.6 is 15.9 Å². The second-order valence-corrected chi connectivity index (χ2v) is 6.61. The van der Waals surface area contributed by atoms with Crippen LogP contribution in [0.2, 0.25) is 0 Å². The van der Waals surface area contributed by atoms with Gasteiger partial charge in [-0.05, 0) is 22.0 Å². The van der Waals surface area contributed by atoms with Crippen molar-refractivity contribution in [3.05, 3.63) is 40.6 Å². The van der Waals surface area contributed by atoms with Gasteiger partial charge in [-0.2, -0.15) is 5.10 Å². The van der Waals surface area contributed by atoms with Crippen molar-refractivity contribution in [3.8, 4) is 0 Å². The van der Waals surface area contributed by atoms with E-state index in [0.29, 0.717) is 19.2 Å². The lowest BCUT2D eigenvalue weighted by atomic mass is 10.3. The lowest BCUT2D eigenvalue weighted by Gasteiger charge is -2.09. The number of halogens is 3. The quantitative estimate of drug-likeness (QED) is 0.825. The molecule has 0 unspecified atom stereocenters. The van der Waals surface area contributed by atoms with Crippen molar-refractivity contribution < 1.29 is 17.2 Å². The monoisotopic (exact) mass is 380 g/mol. The van der Waals surface area contributed by atoms with Gasteiger partial charge in [0.15, 0.2) is 5.82 Å². The Morgan fingerprint density at radius 2 is 2.10 bits per heavy atom. The Balaban J connectivity index is 2.33. The Morgan fingerprint density at radius 1 is 1.38 bits per heavy atom. The summed E-state index contributed by atoms with van der Waals surface area (Å²) in [5.74, 6) is -1.85. The molecule has 2 rings (SSSR count). The van der Waals surface area contributed by atoms with Crippen molar-refractivity contribution in [3.63, 3.8) is 0 Å². The molecule has 6 nitrogen and oxygen atoms in total. The highest BCUT2D eigenvalue weighted by atomic mass is 79.9. The van der Waals surface area contributed by atoms with Gasteiger partial charge in [-0.3, -0.25) is 9.40 Å². The van der Waals surface area contributed by atoms with Gasteiger partial charge in [-0.25, -0.2) is 17.2 Å². The van der Waals surface area contributed by atoms with Crippen molar-refractivity contribution in [1.82, 2.24) is 9.78 Å². The summed E-state index contributed by atoms with van der Waals surface area (Å²) in [7, 11) is -4.04. The SMILES string of the molecule is NCCn1cc(S(=O)(=O)Nc2c(F)cc(F)cc2Br)cn1. The van der Waals surface area contributed by atoms with Crippen LogP contribution < -0.4 is 10.5 Å². The number of nitrogens with one attached hydrogen (secondary N) is 1. The third-order valence-corrected chi connectivity index (χ3v) is 4.45. The Bertz CT molecular complexity index is 740. The second kappa shape index (κ2) is 6.08. The molecule has 2 aromatic rings. The average Bonchev–Trinajstić information content (AvgIpc) is 2.84. The first-order valence-electron chi connectivity index (χ1n) is 5.73. The maximum Gasteiger partial charge on any atom is 0.265 e. The summed E-state index contributed by atoms with van der Waals surface area (Å²) in [5, 5.41) is 3.82. The Labute approximate surface area is 128 Å². The van der Waals surface area contributed by atoms with Gasteiger partial charge in [0, 0.05) is 23.3 Å². The average molecular weight is 381 g/mol. The summed E-state index contributed by atoms with van der Waals surface area (Å²) in [4.78, 5) is -0.147. The van der Waals surface area contributed by atoms with Crippen LogP contribution in [0, 0.1) is 11.6 Å². The smallest absolute Gasteiger partial charge is 0.265 e. The van der Waals surface area contributed by atoms with E-state index in [2.05, 4.69) is 25.8 Å². The fraction of sp³-hybridized carbons (Fsp3) is 0.182. The van der Waals surface area contributed by atoms with Gasteiger partial charge in [0.25, 0.3) is 10.0 Å². The second-order valence-electron chi connectivity index (χ2n) is 4.08. The zero-order valence-electron chi connectivity index (χ0n) is 10.6. The van der Waals surface area contributed by atoms with Crippen LogP contribution in [0.4, 0.5) is 14.5 Å². The molecule has 1 aromatic carbocycles. The number of hydrogen-bond donors (Lipinski definition) is 2. The van der Waals surface area contributed by atoms with E-state index in [0.717, 1.165) is 12.3 Å². The number of anilines is 1. The zero-order valence-corrected chi connectivity index (χ0v) is 13.0. The van der Waals surface area contributed by atoms with E-state index in [9.17, 15) is 17.2 Å².